The molecule has 0 aliphatic rings. The second kappa shape index (κ2) is 6.38. The number of ether oxygens (including phenoxy) is 1. The first-order valence-corrected chi connectivity index (χ1v) is 6.76. The van der Waals surface area contributed by atoms with E-state index in [1.165, 1.54) is 0 Å². The Kier molecular flexibility index (Phi) is 4.56. The first kappa shape index (κ1) is 15.0. The lowest BCUT2D eigenvalue weighted by Gasteiger charge is -2.21. The molecule has 2 aromatic carbocycles. The number of methoxy groups -OCH3 is 1. The average molecular weight is 302 g/mol. The summed E-state index contributed by atoms with van der Waals surface area (Å²) in [6.07, 6.45) is 0. The van der Waals surface area contributed by atoms with Gasteiger partial charge in [0.05, 0.1) is 24.0 Å². The summed E-state index contributed by atoms with van der Waals surface area (Å²) in [4.78, 5) is 1.99. The summed E-state index contributed by atoms with van der Waals surface area (Å²) in [7, 11) is 3.48. The van der Waals surface area contributed by atoms with Crippen molar-refractivity contribution in [2.24, 2.45) is 0 Å². The molecule has 0 unspecified atom stereocenters. The van der Waals surface area contributed by atoms with E-state index in [0.717, 1.165) is 11.3 Å². The molecule has 0 atom stereocenters. The van der Waals surface area contributed by atoms with Crippen molar-refractivity contribution in [3.05, 3.63) is 52.5 Å². The summed E-state index contributed by atoms with van der Waals surface area (Å²) in [5.74, 6) is 0.575. The summed E-state index contributed by atoms with van der Waals surface area (Å²) >= 11 is 6.01. The topological polar surface area (TPSA) is 62.3 Å². The Labute approximate surface area is 129 Å². The van der Waals surface area contributed by atoms with Crippen LogP contribution >= 0.6 is 11.6 Å². The van der Waals surface area contributed by atoms with Crippen LogP contribution in [-0.2, 0) is 6.54 Å². The molecule has 0 heterocycles. The van der Waals surface area contributed by atoms with Crippen molar-refractivity contribution in [2.45, 2.75) is 6.54 Å². The average Bonchev–Trinajstić information content (AvgIpc) is 2.49. The van der Waals surface area contributed by atoms with Crippen LogP contribution in [0.2, 0.25) is 5.02 Å². The number of hydrogen-bond acceptors (Lipinski definition) is 4. The molecule has 2 rings (SSSR count). The first-order valence-electron chi connectivity index (χ1n) is 6.38. The molecule has 0 aliphatic heterocycles. The second-order valence-corrected chi connectivity index (χ2v) is 5.14. The van der Waals surface area contributed by atoms with E-state index >= 15 is 0 Å². The fourth-order valence-corrected chi connectivity index (χ4v) is 2.31. The lowest BCUT2D eigenvalue weighted by molar-refractivity contribution is 0.413. The fourth-order valence-electron chi connectivity index (χ4n) is 2.15. The van der Waals surface area contributed by atoms with Crippen molar-refractivity contribution in [3.8, 4) is 11.8 Å². The van der Waals surface area contributed by atoms with Gasteiger partial charge < -0.3 is 15.4 Å². The lowest BCUT2D eigenvalue weighted by atomic mass is 10.1. The zero-order valence-corrected chi connectivity index (χ0v) is 12.7. The highest BCUT2D eigenvalue weighted by Crippen LogP contribution is 2.28. The molecule has 0 saturated heterocycles. The molecule has 0 bridgehead atoms. The van der Waals surface area contributed by atoms with Crippen molar-refractivity contribution < 1.29 is 4.74 Å². The Morgan fingerprint density at radius 2 is 2.05 bits per heavy atom. The molecule has 0 aromatic heterocycles. The van der Waals surface area contributed by atoms with Gasteiger partial charge in [-0.2, -0.15) is 5.26 Å². The van der Waals surface area contributed by atoms with Crippen LogP contribution in [-0.4, -0.2) is 14.2 Å². The number of benzene rings is 2. The van der Waals surface area contributed by atoms with Gasteiger partial charge in [0.1, 0.15) is 11.8 Å². The molecule has 0 amide bonds. The Balaban J connectivity index is 2.25. The van der Waals surface area contributed by atoms with Crippen LogP contribution in [0.1, 0.15) is 11.1 Å². The number of nitrogens with zero attached hydrogens (tertiary/aromatic N) is 2. The molecular weight excluding hydrogens is 286 g/mol. The van der Waals surface area contributed by atoms with Gasteiger partial charge in [-0.3, -0.25) is 0 Å². The molecule has 4 nitrogen and oxygen atoms in total. The predicted molar refractivity (Wildman–Crippen MR) is 85.7 cm³/mol. The normalized spacial score (nSPS) is 10.0. The van der Waals surface area contributed by atoms with Gasteiger partial charge in [0.2, 0.25) is 0 Å². The van der Waals surface area contributed by atoms with E-state index in [1.54, 1.807) is 25.3 Å². The third kappa shape index (κ3) is 3.39. The predicted octanol–water partition coefficient (Wildman–Crippen LogP) is 3.44. The molecule has 108 valence electrons. The van der Waals surface area contributed by atoms with Gasteiger partial charge >= 0.3 is 0 Å². The third-order valence-electron chi connectivity index (χ3n) is 3.21. The van der Waals surface area contributed by atoms with E-state index in [0.29, 0.717) is 28.6 Å². The van der Waals surface area contributed by atoms with Gasteiger partial charge in [0.15, 0.2) is 0 Å². The number of nitrogens with two attached hydrogens (primary N) is 1. The quantitative estimate of drug-likeness (QED) is 0.879. The van der Waals surface area contributed by atoms with Crippen LogP contribution in [0.5, 0.6) is 5.75 Å². The molecule has 0 aliphatic carbocycles. The summed E-state index contributed by atoms with van der Waals surface area (Å²) < 4.78 is 5.14. The van der Waals surface area contributed by atoms with Crippen molar-refractivity contribution in [1.29, 1.82) is 5.26 Å². The molecule has 21 heavy (non-hydrogen) atoms. The Morgan fingerprint density at radius 1 is 1.29 bits per heavy atom. The maximum Gasteiger partial charge on any atom is 0.136 e. The van der Waals surface area contributed by atoms with Gasteiger partial charge in [-0.25, -0.2) is 0 Å². The Bertz CT molecular complexity index is 694. The minimum atomic E-state index is 0.516. The molecule has 0 radical (unpaired) electrons. The van der Waals surface area contributed by atoms with E-state index in [2.05, 4.69) is 6.07 Å². The molecule has 0 spiro atoms. The van der Waals surface area contributed by atoms with E-state index in [1.807, 2.05) is 30.1 Å². The maximum absolute atomic E-state index is 9.12. The van der Waals surface area contributed by atoms with Crippen molar-refractivity contribution in [2.75, 3.05) is 24.8 Å². The summed E-state index contributed by atoms with van der Waals surface area (Å²) in [5, 5.41) is 9.76. The molecule has 2 N–H and O–H groups in total. The van der Waals surface area contributed by atoms with E-state index < -0.39 is 0 Å². The van der Waals surface area contributed by atoms with E-state index in [-0.39, 0.29) is 0 Å². The zero-order valence-electron chi connectivity index (χ0n) is 11.9. The molecule has 5 heteroatoms. The highest BCUT2D eigenvalue weighted by atomic mass is 35.5. The van der Waals surface area contributed by atoms with Crippen molar-refractivity contribution in [1.82, 2.24) is 0 Å². The second-order valence-electron chi connectivity index (χ2n) is 4.71. The standard InChI is InChI=1S/C16H16ClN3O/c1-20(15-8-13(17)4-5-14(15)19)10-11-3-6-16(21-2)12(7-11)9-18/h3-8H,10,19H2,1-2H3. The summed E-state index contributed by atoms with van der Waals surface area (Å²) in [6, 6.07) is 13.0. The van der Waals surface area contributed by atoms with Crippen molar-refractivity contribution >= 4 is 23.0 Å². The van der Waals surface area contributed by atoms with Gasteiger partial charge in [0.25, 0.3) is 0 Å². The van der Waals surface area contributed by atoms with Gasteiger partial charge in [-0.1, -0.05) is 17.7 Å². The van der Waals surface area contributed by atoms with E-state index in [9.17, 15) is 0 Å². The summed E-state index contributed by atoms with van der Waals surface area (Å²) in [5.41, 5.74) is 9.00. The number of anilines is 2. The van der Waals surface area contributed by atoms with E-state index in [4.69, 9.17) is 27.3 Å². The minimum Gasteiger partial charge on any atom is -0.495 e. The number of nitrogen functional groups attached to an aromatic ring is 1. The molecule has 2 aromatic rings. The number of halogens is 1. The summed E-state index contributed by atoms with van der Waals surface area (Å²) in [6.45, 7) is 0.614. The number of hydrogen-bond donors (Lipinski definition) is 1. The fraction of sp³-hybridized carbons (Fsp3) is 0.188. The number of nitriles is 1. The van der Waals surface area contributed by atoms with Crippen LogP contribution in [0.4, 0.5) is 11.4 Å². The highest BCUT2D eigenvalue weighted by molar-refractivity contribution is 6.31. The van der Waals surface area contributed by atoms with Crippen LogP contribution in [0.15, 0.2) is 36.4 Å². The van der Waals surface area contributed by atoms with Crippen LogP contribution in [0.3, 0.4) is 0 Å². The largest absolute Gasteiger partial charge is 0.495 e. The SMILES string of the molecule is COc1ccc(CN(C)c2cc(Cl)ccc2N)cc1C#N. The maximum atomic E-state index is 9.12. The number of rotatable bonds is 4. The molecular formula is C16H16ClN3O. The van der Waals surface area contributed by atoms with Crippen LogP contribution < -0.4 is 15.4 Å². The Morgan fingerprint density at radius 3 is 2.71 bits per heavy atom. The first-order chi connectivity index (χ1) is 10.0. The Hall–Kier alpha value is -2.38. The minimum absolute atomic E-state index is 0.516. The van der Waals surface area contributed by atoms with Gasteiger partial charge in [0, 0.05) is 18.6 Å². The van der Waals surface area contributed by atoms with Gasteiger partial charge in [-0.05, 0) is 35.9 Å². The van der Waals surface area contributed by atoms with Crippen LogP contribution in [0.25, 0.3) is 0 Å². The molecule has 0 fully saturated rings. The highest BCUT2D eigenvalue weighted by Gasteiger charge is 2.09. The molecule has 0 saturated carbocycles. The van der Waals surface area contributed by atoms with Gasteiger partial charge in [-0.15, -0.1) is 0 Å². The van der Waals surface area contributed by atoms with Crippen LogP contribution in [0, 0.1) is 11.3 Å². The third-order valence-corrected chi connectivity index (χ3v) is 3.44. The zero-order chi connectivity index (χ0) is 15.4. The monoisotopic (exact) mass is 301 g/mol. The van der Waals surface area contributed by atoms with Crippen molar-refractivity contribution in [3.63, 3.8) is 0 Å². The smallest absolute Gasteiger partial charge is 0.136 e. The lowest BCUT2D eigenvalue weighted by Crippen LogP contribution is -2.17.